The largest absolute Gasteiger partial charge is 0.271 e. The van der Waals surface area contributed by atoms with E-state index in [1.165, 1.54) is 11.6 Å². The summed E-state index contributed by atoms with van der Waals surface area (Å²) in [5.41, 5.74) is 4.93. The number of benzene rings is 2. The highest BCUT2D eigenvalue weighted by Crippen LogP contribution is 2.15. The van der Waals surface area contributed by atoms with Crippen LogP contribution in [0.3, 0.4) is 0 Å². The summed E-state index contributed by atoms with van der Waals surface area (Å²) in [6, 6.07) is 14.8. The summed E-state index contributed by atoms with van der Waals surface area (Å²) in [5, 5.41) is 0. The van der Waals surface area contributed by atoms with E-state index in [1.807, 2.05) is 18.2 Å². The molecule has 19 heavy (non-hydrogen) atoms. The molecule has 0 heterocycles. The van der Waals surface area contributed by atoms with Crippen LogP contribution in [-0.4, -0.2) is 6.04 Å². The van der Waals surface area contributed by atoms with E-state index in [2.05, 4.69) is 33.5 Å². The SMILES string of the molecule is NNC(Cc1cccc(F)c1)Cc1cccc(Br)c1. The van der Waals surface area contributed by atoms with Gasteiger partial charge >= 0.3 is 0 Å². The quantitative estimate of drug-likeness (QED) is 0.655. The number of halogens is 2. The van der Waals surface area contributed by atoms with Crippen molar-refractivity contribution >= 4 is 15.9 Å². The fourth-order valence-electron chi connectivity index (χ4n) is 2.09. The van der Waals surface area contributed by atoms with Crippen molar-refractivity contribution in [3.8, 4) is 0 Å². The molecule has 0 fully saturated rings. The fraction of sp³-hybridized carbons (Fsp3) is 0.200. The van der Waals surface area contributed by atoms with Crippen molar-refractivity contribution in [3.05, 3.63) is 69.9 Å². The molecule has 0 amide bonds. The van der Waals surface area contributed by atoms with E-state index in [0.717, 1.165) is 16.5 Å². The Kier molecular flexibility index (Phi) is 5.07. The molecule has 2 aromatic carbocycles. The number of nitrogens with one attached hydrogen (secondary N) is 1. The van der Waals surface area contributed by atoms with Crippen LogP contribution >= 0.6 is 15.9 Å². The van der Waals surface area contributed by atoms with Crippen LogP contribution in [0.1, 0.15) is 11.1 Å². The summed E-state index contributed by atoms with van der Waals surface area (Å²) in [4.78, 5) is 0. The third kappa shape index (κ3) is 4.42. The standard InChI is InChI=1S/C15H16BrFN2/c16-13-5-1-3-11(7-13)9-15(19-18)10-12-4-2-6-14(17)8-12/h1-8,15,19H,9-10,18H2. The molecular weight excluding hydrogens is 307 g/mol. The van der Waals surface area contributed by atoms with Crippen molar-refractivity contribution in [1.82, 2.24) is 5.43 Å². The summed E-state index contributed by atoms with van der Waals surface area (Å²) in [5.74, 6) is 5.38. The first-order valence-electron chi connectivity index (χ1n) is 6.12. The molecule has 0 aromatic heterocycles. The first-order chi connectivity index (χ1) is 9.17. The summed E-state index contributed by atoms with van der Waals surface area (Å²) in [6.45, 7) is 0. The van der Waals surface area contributed by atoms with Gasteiger partial charge in [0.05, 0.1) is 0 Å². The van der Waals surface area contributed by atoms with E-state index in [1.54, 1.807) is 12.1 Å². The van der Waals surface area contributed by atoms with Gasteiger partial charge in [0.1, 0.15) is 5.82 Å². The Morgan fingerprint density at radius 1 is 1.05 bits per heavy atom. The van der Waals surface area contributed by atoms with Gasteiger partial charge in [0.2, 0.25) is 0 Å². The Balaban J connectivity index is 2.04. The number of nitrogens with two attached hydrogens (primary N) is 1. The van der Waals surface area contributed by atoms with Crippen molar-refractivity contribution < 1.29 is 4.39 Å². The highest BCUT2D eigenvalue weighted by Gasteiger charge is 2.09. The molecule has 2 rings (SSSR count). The molecule has 3 N–H and O–H groups in total. The lowest BCUT2D eigenvalue weighted by molar-refractivity contribution is 0.520. The van der Waals surface area contributed by atoms with Crippen molar-refractivity contribution in [2.45, 2.75) is 18.9 Å². The maximum atomic E-state index is 13.1. The third-order valence-corrected chi connectivity index (χ3v) is 3.47. The minimum Gasteiger partial charge on any atom is -0.271 e. The lowest BCUT2D eigenvalue weighted by Crippen LogP contribution is -2.38. The molecular formula is C15H16BrFN2. The van der Waals surface area contributed by atoms with Gasteiger partial charge in [0.25, 0.3) is 0 Å². The molecule has 0 aliphatic heterocycles. The zero-order valence-corrected chi connectivity index (χ0v) is 12.0. The van der Waals surface area contributed by atoms with Crippen LogP contribution in [0, 0.1) is 5.82 Å². The van der Waals surface area contributed by atoms with Gasteiger partial charge in [-0.25, -0.2) is 4.39 Å². The van der Waals surface area contributed by atoms with Crippen molar-refractivity contribution in [2.24, 2.45) is 5.84 Å². The lowest BCUT2D eigenvalue weighted by Gasteiger charge is -2.16. The van der Waals surface area contributed by atoms with Gasteiger partial charge < -0.3 is 0 Å². The fourth-order valence-corrected chi connectivity index (χ4v) is 2.53. The van der Waals surface area contributed by atoms with E-state index < -0.39 is 0 Å². The second-order valence-electron chi connectivity index (χ2n) is 4.53. The Bertz CT molecular complexity index is 498. The number of hydrogen-bond acceptors (Lipinski definition) is 2. The summed E-state index contributed by atoms with van der Waals surface area (Å²) in [6.07, 6.45) is 1.49. The normalized spacial score (nSPS) is 12.4. The van der Waals surface area contributed by atoms with E-state index in [-0.39, 0.29) is 11.9 Å². The average molecular weight is 323 g/mol. The van der Waals surface area contributed by atoms with Crippen LogP contribution in [0.2, 0.25) is 0 Å². The smallest absolute Gasteiger partial charge is 0.123 e. The van der Waals surface area contributed by atoms with Gasteiger partial charge in [0, 0.05) is 10.5 Å². The van der Waals surface area contributed by atoms with Gasteiger partial charge in [-0.2, -0.15) is 0 Å². The maximum absolute atomic E-state index is 13.1. The summed E-state index contributed by atoms with van der Waals surface area (Å²) in [7, 11) is 0. The number of hydrogen-bond donors (Lipinski definition) is 2. The Hall–Kier alpha value is -1.23. The minimum atomic E-state index is -0.212. The summed E-state index contributed by atoms with van der Waals surface area (Å²) >= 11 is 3.45. The van der Waals surface area contributed by atoms with Crippen LogP contribution in [0.5, 0.6) is 0 Å². The second kappa shape index (κ2) is 6.80. The van der Waals surface area contributed by atoms with Crippen molar-refractivity contribution in [2.75, 3.05) is 0 Å². The molecule has 0 saturated heterocycles. The van der Waals surface area contributed by atoms with E-state index >= 15 is 0 Å². The van der Waals surface area contributed by atoms with Gasteiger partial charge in [0.15, 0.2) is 0 Å². The zero-order chi connectivity index (χ0) is 13.7. The maximum Gasteiger partial charge on any atom is 0.123 e. The van der Waals surface area contributed by atoms with Gasteiger partial charge in [-0.15, -0.1) is 0 Å². The molecule has 2 nitrogen and oxygen atoms in total. The van der Waals surface area contributed by atoms with E-state index in [4.69, 9.17) is 5.84 Å². The Labute approximate surface area is 120 Å². The first-order valence-corrected chi connectivity index (χ1v) is 6.91. The van der Waals surface area contributed by atoms with Crippen LogP contribution < -0.4 is 11.3 Å². The van der Waals surface area contributed by atoms with Gasteiger partial charge in [-0.3, -0.25) is 11.3 Å². The topological polar surface area (TPSA) is 38.0 Å². The molecule has 1 atom stereocenters. The van der Waals surface area contributed by atoms with Crippen LogP contribution in [-0.2, 0) is 12.8 Å². The van der Waals surface area contributed by atoms with E-state index in [9.17, 15) is 4.39 Å². The molecule has 100 valence electrons. The average Bonchev–Trinajstić information content (AvgIpc) is 2.38. The highest BCUT2D eigenvalue weighted by atomic mass is 79.9. The molecule has 0 aliphatic rings. The van der Waals surface area contributed by atoms with Crippen LogP contribution in [0.25, 0.3) is 0 Å². The van der Waals surface area contributed by atoms with Crippen molar-refractivity contribution in [1.29, 1.82) is 0 Å². The molecule has 1 unspecified atom stereocenters. The molecule has 0 bridgehead atoms. The predicted octanol–water partition coefficient (Wildman–Crippen LogP) is 3.21. The molecule has 0 aliphatic carbocycles. The number of hydrazine groups is 1. The minimum absolute atomic E-state index is 0.0797. The van der Waals surface area contributed by atoms with Crippen molar-refractivity contribution in [3.63, 3.8) is 0 Å². The molecule has 0 saturated carbocycles. The zero-order valence-electron chi connectivity index (χ0n) is 10.4. The first kappa shape index (κ1) is 14.2. The lowest BCUT2D eigenvalue weighted by atomic mass is 9.99. The monoisotopic (exact) mass is 322 g/mol. The second-order valence-corrected chi connectivity index (χ2v) is 5.45. The van der Waals surface area contributed by atoms with Crippen LogP contribution in [0.4, 0.5) is 4.39 Å². The van der Waals surface area contributed by atoms with Gasteiger partial charge in [-0.05, 0) is 48.2 Å². The Morgan fingerprint density at radius 2 is 1.68 bits per heavy atom. The molecule has 2 aromatic rings. The van der Waals surface area contributed by atoms with Crippen LogP contribution in [0.15, 0.2) is 53.0 Å². The molecule has 4 heteroatoms. The Morgan fingerprint density at radius 3 is 2.26 bits per heavy atom. The van der Waals surface area contributed by atoms with E-state index in [0.29, 0.717) is 6.42 Å². The molecule has 0 spiro atoms. The predicted molar refractivity (Wildman–Crippen MR) is 79.1 cm³/mol. The summed E-state index contributed by atoms with van der Waals surface area (Å²) < 4.78 is 14.2. The number of rotatable bonds is 5. The third-order valence-electron chi connectivity index (χ3n) is 2.98. The molecule has 0 radical (unpaired) electrons. The highest BCUT2D eigenvalue weighted by molar-refractivity contribution is 9.10. The van der Waals surface area contributed by atoms with Gasteiger partial charge in [-0.1, -0.05) is 40.2 Å².